The van der Waals surface area contributed by atoms with Crippen molar-refractivity contribution in [1.82, 2.24) is 0 Å². The monoisotopic (exact) mass is 366 g/mol. The first kappa shape index (κ1) is 18.7. The van der Waals surface area contributed by atoms with Crippen molar-refractivity contribution in [3.8, 4) is 11.5 Å². The minimum atomic E-state index is -0.400. The first-order valence-corrected chi connectivity index (χ1v) is 8.87. The van der Waals surface area contributed by atoms with Gasteiger partial charge in [-0.3, -0.25) is 0 Å². The number of aryl methyl sites for hydroxylation is 1. The van der Waals surface area contributed by atoms with Gasteiger partial charge in [-0.15, -0.1) is 0 Å². The van der Waals surface area contributed by atoms with Crippen LogP contribution in [-0.4, -0.2) is 18.8 Å². The van der Waals surface area contributed by atoms with E-state index in [2.05, 4.69) is 13.6 Å². The zero-order chi connectivity index (χ0) is 19.4. The van der Waals surface area contributed by atoms with Crippen molar-refractivity contribution in [2.45, 2.75) is 20.0 Å². The zero-order valence-corrected chi connectivity index (χ0v) is 15.6. The molecule has 0 amide bonds. The van der Waals surface area contributed by atoms with Crippen molar-refractivity contribution in [2.75, 3.05) is 13.7 Å². The second-order valence-electron chi connectivity index (χ2n) is 6.73. The number of quaternary nitrogens is 1. The first-order valence-electron chi connectivity index (χ1n) is 8.87. The SMILES string of the molecule is C=CCOc1ccc(C[NH+](C)Cc2cc(=O)oc3c(C)c(O)ccc23)cc1. The van der Waals surface area contributed by atoms with Crippen molar-refractivity contribution >= 4 is 11.0 Å². The summed E-state index contributed by atoms with van der Waals surface area (Å²) in [4.78, 5) is 13.2. The topological polar surface area (TPSA) is 64.1 Å². The van der Waals surface area contributed by atoms with Crippen LogP contribution in [0.5, 0.6) is 11.5 Å². The number of ether oxygens (including phenoxy) is 1. The van der Waals surface area contributed by atoms with Gasteiger partial charge in [0.2, 0.25) is 0 Å². The van der Waals surface area contributed by atoms with Gasteiger partial charge in [-0.2, -0.15) is 0 Å². The van der Waals surface area contributed by atoms with Crippen LogP contribution in [0.4, 0.5) is 0 Å². The summed E-state index contributed by atoms with van der Waals surface area (Å²) < 4.78 is 10.8. The summed E-state index contributed by atoms with van der Waals surface area (Å²) in [7, 11) is 2.08. The van der Waals surface area contributed by atoms with E-state index in [9.17, 15) is 9.90 Å². The molecule has 0 radical (unpaired) electrons. The van der Waals surface area contributed by atoms with Crippen LogP contribution in [-0.2, 0) is 13.1 Å². The Labute approximate surface area is 158 Å². The Balaban J connectivity index is 1.78. The number of phenolic OH excluding ortho intramolecular Hbond substituents is 1. The highest BCUT2D eigenvalue weighted by Crippen LogP contribution is 2.27. The number of benzene rings is 2. The maximum atomic E-state index is 12.0. The molecule has 1 unspecified atom stereocenters. The summed E-state index contributed by atoms with van der Waals surface area (Å²) in [6.45, 7) is 7.35. The molecule has 0 fully saturated rings. The van der Waals surface area contributed by atoms with Crippen LogP contribution in [0, 0.1) is 6.92 Å². The number of aromatic hydroxyl groups is 1. The quantitative estimate of drug-likeness (QED) is 0.498. The molecule has 140 valence electrons. The Kier molecular flexibility index (Phi) is 5.62. The van der Waals surface area contributed by atoms with Gasteiger partial charge in [0, 0.05) is 28.1 Å². The smallest absolute Gasteiger partial charge is 0.336 e. The molecule has 3 rings (SSSR count). The van der Waals surface area contributed by atoms with E-state index in [1.807, 2.05) is 24.3 Å². The summed E-state index contributed by atoms with van der Waals surface area (Å²) in [6.07, 6.45) is 1.72. The lowest BCUT2D eigenvalue weighted by molar-refractivity contribution is -0.907. The lowest BCUT2D eigenvalue weighted by atomic mass is 10.1. The van der Waals surface area contributed by atoms with Crippen LogP contribution in [0.1, 0.15) is 16.7 Å². The number of rotatable bonds is 7. The molecule has 0 saturated carbocycles. The Morgan fingerprint density at radius 2 is 1.93 bits per heavy atom. The van der Waals surface area contributed by atoms with Crippen molar-refractivity contribution in [1.29, 1.82) is 0 Å². The van der Waals surface area contributed by atoms with Gasteiger partial charge in [-0.05, 0) is 43.3 Å². The lowest BCUT2D eigenvalue weighted by Crippen LogP contribution is -3.06. The van der Waals surface area contributed by atoms with Crippen molar-refractivity contribution in [3.05, 3.63) is 82.2 Å². The largest absolute Gasteiger partial charge is 0.508 e. The van der Waals surface area contributed by atoms with Gasteiger partial charge in [0.1, 0.15) is 36.8 Å². The molecule has 5 heteroatoms. The summed E-state index contributed by atoms with van der Waals surface area (Å²) in [6, 6.07) is 13.0. The van der Waals surface area contributed by atoms with Crippen LogP contribution >= 0.6 is 0 Å². The number of phenols is 1. The van der Waals surface area contributed by atoms with Crippen molar-refractivity contribution in [2.24, 2.45) is 0 Å². The van der Waals surface area contributed by atoms with Crippen LogP contribution in [0.2, 0.25) is 0 Å². The number of hydrogen-bond acceptors (Lipinski definition) is 4. The van der Waals surface area contributed by atoms with E-state index < -0.39 is 5.63 Å². The summed E-state index contributed by atoms with van der Waals surface area (Å²) >= 11 is 0. The van der Waals surface area contributed by atoms with E-state index in [-0.39, 0.29) is 5.75 Å². The molecule has 0 spiro atoms. The van der Waals surface area contributed by atoms with Gasteiger partial charge in [0.05, 0.1) is 7.05 Å². The van der Waals surface area contributed by atoms with E-state index in [4.69, 9.17) is 9.15 Å². The van der Waals surface area contributed by atoms with Crippen LogP contribution in [0.15, 0.2) is 64.3 Å². The third kappa shape index (κ3) is 4.38. The molecule has 27 heavy (non-hydrogen) atoms. The summed E-state index contributed by atoms with van der Waals surface area (Å²) in [5.41, 5.74) is 2.73. The van der Waals surface area contributed by atoms with Gasteiger partial charge in [0.15, 0.2) is 0 Å². The molecular formula is C22H24NO4+. The number of hydrogen-bond donors (Lipinski definition) is 2. The molecule has 1 aromatic heterocycles. The molecule has 1 heterocycles. The minimum Gasteiger partial charge on any atom is -0.508 e. The van der Waals surface area contributed by atoms with Crippen LogP contribution < -0.4 is 15.3 Å². The molecular weight excluding hydrogens is 342 g/mol. The Morgan fingerprint density at radius 1 is 1.19 bits per heavy atom. The van der Waals surface area contributed by atoms with Gasteiger partial charge < -0.3 is 19.2 Å². The summed E-state index contributed by atoms with van der Waals surface area (Å²) in [5.74, 6) is 0.945. The van der Waals surface area contributed by atoms with E-state index >= 15 is 0 Å². The molecule has 2 N–H and O–H groups in total. The molecule has 0 bridgehead atoms. The maximum absolute atomic E-state index is 12.0. The van der Waals surface area contributed by atoms with Gasteiger partial charge >= 0.3 is 5.63 Å². The third-order valence-electron chi connectivity index (χ3n) is 4.51. The molecule has 0 aliphatic rings. The van der Waals surface area contributed by atoms with Crippen molar-refractivity contribution < 1.29 is 19.2 Å². The second kappa shape index (κ2) is 8.10. The molecule has 0 aliphatic heterocycles. The predicted molar refractivity (Wildman–Crippen MR) is 105 cm³/mol. The fourth-order valence-corrected chi connectivity index (χ4v) is 3.16. The first-order chi connectivity index (χ1) is 13.0. The summed E-state index contributed by atoms with van der Waals surface area (Å²) in [5, 5.41) is 10.7. The molecule has 1 atom stereocenters. The predicted octanol–water partition coefficient (Wildman–Crippen LogP) is 2.59. The Hall–Kier alpha value is -3.05. The average Bonchev–Trinajstić information content (AvgIpc) is 2.64. The van der Waals surface area contributed by atoms with Gasteiger partial charge in [0.25, 0.3) is 0 Å². The Bertz CT molecular complexity index is 1010. The highest BCUT2D eigenvalue weighted by atomic mass is 16.5. The number of fused-ring (bicyclic) bond motifs is 1. The molecule has 5 nitrogen and oxygen atoms in total. The Morgan fingerprint density at radius 3 is 2.63 bits per heavy atom. The van der Waals surface area contributed by atoms with E-state index in [0.717, 1.165) is 23.2 Å². The van der Waals surface area contributed by atoms with E-state index in [0.29, 0.717) is 24.3 Å². The third-order valence-corrected chi connectivity index (χ3v) is 4.51. The van der Waals surface area contributed by atoms with E-state index in [1.165, 1.54) is 16.5 Å². The number of nitrogens with one attached hydrogen (secondary N) is 1. The van der Waals surface area contributed by atoms with Crippen LogP contribution in [0.3, 0.4) is 0 Å². The normalized spacial score (nSPS) is 12.1. The molecule has 0 saturated heterocycles. The fourth-order valence-electron chi connectivity index (χ4n) is 3.16. The van der Waals surface area contributed by atoms with Gasteiger partial charge in [-0.25, -0.2) is 4.79 Å². The zero-order valence-electron chi connectivity index (χ0n) is 15.6. The van der Waals surface area contributed by atoms with Crippen LogP contribution in [0.25, 0.3) is 11.0 Å². The van der Waals surface area contributed by atoms with E-state index in [1.54, 1.807) is 25.1 Å². The average molecular weight is 366 g/mol. The van der Waals surface area contributed by atoms with Crippen molar-refractivity contribution in [3.63, 3.8) is 0 Å². The molecule has 0 aliphatic carbocycles. The lowest BCUT2D eigenvalue weighted by Gasteiger charge is -2.16. The fraction of sp³-hybridized carbons (Fsp3) is 0.227. The van der Waals surface area contributed by atoms with Gasteiger partial charge in [-0.1, -0.05) is 12.7 Å². The maximum Gasteiger partial charge on any atom is 0.336 e. The highest BCUT2D eigenvalue weighted by molar-refractivity contribution is 5.84. The second-order valence-corrected chi connectivity index (χ2v) is 6.73. The minimum absolute atomic E-state index is 0.127. The standard InChI is InChI=1S/C22H23NO4/c1-4-11-26-18-7-5-16(6-8-18)13-23(3)14-17-12-21(25)27-22-15(2)20(24)10-9-19(17)22/h4-10,12,24H,1,11,13-14H2,2-3H3/p+1. The highest BCUT2D eigenvalue weighted by Gasteiger charge is 2.14. The molecule has 3 aromatic rings. The molecule has 2 aromatic carbocycles.